The van der Waals surface area contributed by atoms with E-state index in [2.05, 4.69) is 4.74 Å². The van der Waals surface area contributed by atoms with Gasteiger partial charge in [0.25, 0.3) is 6.36 Å². The van der Waals surface area contributed by atoms with E-state index in [1.54, 1.807) is 0 Å². The molecule has 1 atom stereocenters. The molecule has 0 fully saturated rings. The summed E-state index contributed by atoms with van der Waals surface area (Å²) in [4.78, 5) is -5.71. The van der Waals surface area contributed by atoms with Crippen LogP contribution >= 0.6 is 15.9 Å². The molecule has 0 rings (SSSR count). The van der Waals surface area contributed by atoms with Crippen molar-refractivity contribution < 1.29 is 44.3 Å². The molecule has 0 aromatic carbocycles. The molecule has 18 heavy (non-hydrogen) atoms. The maximum Gasteiger partial charge on any atom is 0.429 e. The van der Waals surface area contributed by atoms with Gasteiger partial charge in [-0.3, -0.25) is 4.74 Å². The second-order valence-electron chi connectivity index (χ2n) is 2.73. The zero-order valence-corrected chi connectivity index (χ0v) is 9.30. The lowest BCUT2D eigenvalue weighted by atomic mass is 10.1. The fraction of sp³-hybridized carbons (Fsp3) is 0.833. The highest BCUT2D eigenvalue weighted by molar-refractivity contribution is 9.10. The standard InChI is InChI=1S/C6HBrF9NO/c7-5(13,14)3(9,10)4(11,12)6(15,16)18-2(8)1-17/h2H. The van der Waals surface area contributed by atoms with Crippen molar-refractivity contribution in [1.29, 1.82) is 5.26 Å². The molecule has 0 aromatic rings. The van der Waals surface area contributed by atoms with Crippen LogP contribution in [-0.4, -0.2) is 29.1 Å². The number of nitrogens with zero attached hydrogens (tertiary/aromatic N) is 1. The van der Waals surface area contributed by atoms with E-state index in [1.807, 2.05) is 0 Å². The van der Waals surface area contributed by atoms with Crippen LogP contribution < -0.4 is 0 Å². The summed E-state index contributed by atoms with van der Waals surface area (Å²) in [6.45, 7) is 0. The van der Waals surface area contributed by atoms with Gasteiger partial charge in [-0.15, -0.1) is 0 Å². The van der Waals surface area contributed by atoms with Gasteiger partial charge >= 0.3 is 22.8 Å². The lowest BCUT2D eigenvalue weighted by Gasteiger charge is -2.33. The molecule has 0 N–H and O–H groups in total. The molecule has 0 aliphatic rings. The minimum absolute atomic E-state index is 0.237. The molecule has 12 heteroatoms. The average Bonchev–Trinajstić information content (AvgIpc) is 2.14. The second-order valence-corrected chi connectivity index (χ2v) is 3.72. The van der Waals surface area contributed by atoms with Gasteiger partial charge in [0.1, 0.15) is 6.07 Å². The Kier molecular flexibility index (Phi) is 4.58. The molecule has 0 saturated carbocycles. The highest BCUT2D eigenvalue weighted by Gasteiger charge is 2.81. The predicted molar refractivity (Wildman–Crippen MR) is 40.3 cm³/mol. The van der Waals surface area contributed by atoms with Crippen LogP contribution in [0.25, 0.3) is 0 Å². The van der Waals surface area contributed by atoms with E-state index in [0.29, 0.717) is 0 Å². The van der Waals surface area contributed by atoms with Crippen LogP contribution in [0.1, 0.15) is 0 Å². The fourth-order valence-corrected chi connectivity index (χ4v) is 0.840. The lowest BCUT2D eigenvalue weighted by Crippen LogP contribution is -2.61. The Bertz CT molecular complexity index is 346. The summed E-state index contributed by atoms with van der Waals surface area (Å²) in [5, 5.41) is 7.65. The summed E-state index contributed by atoms with van der Waals surface area (Å²) in [5.74, 6) is -13.4. The summed E-state index contributed by atoms with van der Waals surface area (Å²) in [7, 11) is 0. The quantitative estimate of drug-likeness (QED) is 0.558. The molecule has 106 valence electrons. The Morgan fingerprint density at radius 3 is 1.61 bits per heavy atom. The Hall–Kier alpha value is -0.700. The Morgan fingerprint density at radius 2 is 1.33 bits per heavy atom. The summed E-state index contributed by atoms with van der Waals surface area (Å²) in [6, 6.07) is 0.237. The minimum Gasteiger partial charge on any atom is -0.267 e. The third-order valence-corrected chi connectivity index (χ3v) is 1.97. The van der Waals surface area contributed by atoms with Crippen molar-refractivity contribution in [3.63, 3.8) is 0 Å². The van der Waals surface area contributed by atoms with Gasteiger partial charge in [-0.25, -0.2) is 0 Å². The van der Waals surface area contributed by atoms with E-state index >= 15 is 0 Å². The van der Waals surface area contributed by atoms with Gasteiger partial charge < -0.3 is 0 Å². The molecule has 0 heterocycles. The summed E-state index contributed by atoms with van der Waals surface area (Å²) < 4.78 is 114. The number of rotatable bonds is 5. The predicted octanol–water partition coefficient (Wildman–Crippen LogP) is 3.67. The molecule has 0 amide bonds. The third kappa shape index (κ3) is 2.82. The Morgan fingerprint density at radius 1 is 0.944 bits per heavy atom. The molecule has 0 spiro atoms. The summed E-state index contributed by atoms with van der Waals surface area (Å²) in [6.07, 6.45) is -10.0. The van der Waals surface area contributed by atoms with Gasteiger partial charge in [-0.2, -0.15) is 44.8 Å². The van der Waals surface area contributed by atoms with Gasteiger partial charge in [-0.05, 0) is 15.9 Å². The summed E-state index contributed by atoms with van der Waals surface area (Å²) >= 11 is 0.801. The first-order chi connectivity index (χ1) is 7.70. The second kappa shape index (κ2) is 4.76. The Balaban J connectivity index is 5.44. The van der Waals surface area contributed by atoms with Crippen LogP contribution in [0.15, 0.2) is 0 Å². The average molecular weight is 354 g/mol. The minimum atomic E-state index is -6.77. The first-order valence-corrected chi connectivity index (χ1v) is 4.41. The van der Waals surface area contributed by atoms with Gasteiger partial charge in [0.2, 0.25) is 0 Å². The molecular weight excluding hydrogens is 353 g/mol. The normalized spacial score (nSPS) is 16.3. The van der Waals surface area contributed by atoms with E-state index in [0.717, 1.165) is 15.9 Å². The van der Waals surface area contributed by atoms with Crippen molar-refractivity contribution in [2.45, 2.75) is 29.1 Å². The number of hydrogen-bond donors (Lipinski definition) is 0. The molecule has 0 aliphatic carbocycles. The molecule has 0 aliphatic heterocycles. The van der Waals surface area contributed by atoms with Crippen molar-refractivity contribution >= 4 is 15.9 Å². The van der Waals surface area contributed by atoms with Crippen LogP contribution in [0.3, 0.4) is 0 Å². The van der Waals surface area contributed by atoms with E-state index < -0.39 is 29.1 Å². The highest BCUT2D eigenvalue weighted by atomic mass is 79.9. The van der Waals surface area contributed by atoms with E-state index in [9.17, 15) is 39.5 Å². The van der Waals surface area contributed by atoms with Crippen LogP contribution in [-0.2, 0) is 4.74 Å². The number of hydrogen-bond acceptors (Lipinski definition) is 2. The van der Waals surface area contributed by atoms with Crippen LogP contribution in [0.2, 0.25) is 0 Å². The van der Waals surface area contributed by atoms with Gasteiger partial charge in [0.15, 0.2) is 0 Å². The smallest absolute Gasteiger partial charge is 0.267 e. The molecule has 0 saturated heterocycles. The topological polar surface area (TPSA) is 33.0 Å². The third-order valence-electron chi connectivity index (χ3n) is 1.47. The molecule has 1 unspecified atom stereocenters. The van der Waals surface area contributed by atoms with Crippen molar-refractivity contribution in [1.82, 2.24) is 0 Å². The number of halogens is 10. The van der Waals surface area contributed by atoms with Crippen LogP contribution in [0, 0.1) is 11.3 Å². The van der Waals surface area contributed by atoms with Crippen molar-refractivity contribution in [2.75, 3.05) is 0 Å². The number of alkyl halides is 10. The van der Waals surface area contributed by atoms with E-state index in [-0.39, 0.29) is 6.07 Å². The first-order valence-electron chi connectivity index (χ1n) is 3.62. The number of nitriles is 1. The van der Waals surface area contributed by atoms with Crippen molar-refractivity contribution in [2.24, 2.45) is 0 Å². The van der Waals surface area contributed by atoms with Gasteiger partial charge in [0, 0.05) is 0 Å². The maximum atomic E-state index is 12.6. The van der Waals surface area contributed by atoms with Crippen molar-refractivity contribution in [3.8, 4) is 6.07 Å². The van der Waals surface area contributed by atoms with Crippen LogP contribution in [0.5, 0.6) is 0 Å². The molecule has 0 radical (unpaired) electrons. The maximum absolute atomic E-state index is 12.6. The lowest BCUT2D eigenvalue weighted by molar-refractivity contribution is -0.427. The first kappa shape index (κ1) is 17.3. The SMILES string of the molecule is N#CC(F)OC(F)(F)C(F)(F)C(F)(F)C(F)(F)Br. The van der Waals surface area contributed by atoms with E-state index in [4.69, 9.17) is 5.26 Å². The number of ether oxygens (including phenoxy) is 1. The zero-order valence-electron chi connectivity index (χ0n) is 7.71. The Labute approximate surface area is 101 Å². The van der Waals surface area contributed by atoms with Gasteiger partial charge in [0.05, 0.1) is 0 Å². The summed E-state index contributed by atoms with van der Waals surface area (Å²) in [5.41, 5.74) is 0. The largest absolute Gasteiger partial charge is 0.429 e. The van der Waals surface area contributed by atoms with Crippen molar-refractivity contribution in [3.05, 3.63) is 0 Å². The highest BCUT2D eigenvalue weighted by Crippen LogP contribution is 2.55. The van der Waals surface area contributed by atoms with Gasteiger partial charge in [-0.1, -0.05) is 0 Å². The van der Waals surface area contributed by atoms with E-state index in [1.165, 1.54) is 0 Å². The molecule has 0 aromatic heterocycles. The monoisotopic (exact) mass is 353 g/mol. The zero-order chi connectivity index (χ0) is 15.0. The fourth-order valence-electron chi connectivity index (χ4n) is 0.591. The van der Waals surface area contributed by atoms with Crippen LogP contribution in [0.4, 0.5) is 39.5 Å². The molecule has 2 nitrogen and oxygen atoms in total. The molecule has 0 bridgehead atoms. The molecular formula is C6HBrF9NO.